The van der Waals surface area contributed by atoms with Gasteiger partial charge in [-0.2, -0.15) is 0 Å². The number of carbonyl (C=O) groups is 1. The molecule has 0 bridgehead atoms. The van der Waals surface area contributed by atoms with Gasteiger partial charge in [0.25, 0.3) is 5.91 Å². The molecule has 7 heteroatoms. The molecular weight excluding hydrogens is 444 g/mol. The Balaban J connectivity index is 1.39. The molecule has 2 heterocycles. The number of hydrogen-bond acceptors (Lipinski definition) is 6. The van der Waals surface area contributed by atoms with E-state index >= 15 is 0 Å². The van der Waals surface area contributed by atoms with E-state index in [9.17, 15) is 4.79 Å². The number of thiazole rings is 1. The number of aryl methyl sites for hydroxylation is 1. The van der Waals surface area contributed by atoms with Crippen molar-refractivity contribution in [2.45, 2.75) is 44.7 Å². The largest absolute Gasteiger partial charge is 0.383 e. The number of ether oxygens (including phenoxy) is 1. The van der Waals surface area contributed by atoms with Crippen LogP contribution in [0.25, 0.3) is 21.1 Å². The number of para-hydroxylation sites is 1. The van der Waals surface area contributed by atoms with E-state index in [-0.39, 0.29) is 11.9 Å². The zero-order valence-corrected chi connectivity index (χ0v) is 20.1. The number of anilines is 1. The number of methoxy groups -OCH3 is 1. The van der Waals surface area contributed by atoms with Crippen molar-refractivity contribution in [3.05, 3.63) is 64.2 Å². The van der Waals surface area contributed by atoms with Crippen LogP contribution < -0.4 is 5.73 Å². The van der Waals surface area contributed by atoms with Gasteiger partial charge >= 0.3 is 0 Å². The molecular formula is C27H28N4O2S. The number of amides is 1. The van der Waals surface area contributed by atoms with Gasteiger partial charge in [0.2, 0.25) is 0 Å². The Labute approximate surface area is 202 Å². The van der Waals surface area contributed by atoms with Gasteiger partial charge in [0.15, 0.2) is 0 Å². The fourth-order valence-electron chi connectivity index (χ4n) is 5.30. The highest BCUT2D eigenvalue weighted by atomic mass is 32.1. The minimum absolute atomic E-state index is 0.0266. The van der Waals surface area contributed by atoms with Crippen LogP contribution in [0.4, 0.5) is 5.82 Å². The maximum atomic E-state index is 14.0. The van der Waals surface area contributed by atoms with E-state index in [0.717, 1.165) is 63.8 Å². The molecule has 0 saturated heterocycles. The molecule has 2 N–H and O–H groups in total. The van der Waals surface area contributed by atoms with Crippen molar-refractivity contribution < 1.29 is 9.53 Å². The van der Waals surface area contributed by atoms with E-state index in [1.54, 1.807) is 18.4 Å². The van der Waals surface area contributed by atoms with Crippen molar-refractivity contribution in [1.29, 1.82) is 0 Å². The Morgan fingerprint density at radius 3 is 2.76 bits per heavy atom. The lowest BCUT2D eigenvalue weighted by Gasteiger charge is -2.31. The van der Waals surface area contributed by atoms with Crippen LogP contribution in [-0.4, -0.2) is 40.5 Å². The van der Waals surface area contributed by atoms with E-state index in [0.29, 0.717) is 30.5 Å². The van der Waals surface area contributed by atoms with Gasteiger partial charge in [-0.1, -0.05) is 12.1 Å². The summed E-state index contributed by atoms with van der Waals surface area (Å²) in [6, 6.07) is 14.0. The summed E-state index contributed by atoms with van der Waals surface area (Å²) >= 11 is 1.66. The minimum atomic E-state index is 0.0266. The van der Waals surface area contributed by atoms with Crippen molar-refractivity contribution >= 4 is 44.2 Å². The summed E-state index contributed by atoms with van der Waals surface area (Å²) in [5.74, 6) is 1.13. The van der Waals surface area contributed by atoms with E-state index in [1.165, 1.54) is 5.56 Å². The number of aromatic nitrogens is 2. The van der Waals surface area contributed by atoms with Crippen molar-refractivity contribution in [3.63, 3.8) is 0 Å². The molecule has 1 atom stereocenters. The van der Waals surface area contributed by atoms with Crippen LogP contribution in [0.2, 0.25) is 0 Å². The van der Waals surface area contributed by atoms with Gasteiger partial charge in [0.1, 0.15) is 10.8 Å². The number of hydrogen-bond donors (Lipinski definition) is 1. The van der Waals surface area contributed by atoms with Crippen LogP contribution in [0.1, 0.15) is 45.8 Å². The van der Waals surface area contributed by atoms with Gasteiger partial charge in [0.05, 0.1) is 34.9 Å². The first-order valence-corrected chi connectivity index (χ1v) is 12.8. The van der Waals surface area contributed by atoms with Crippen molar-refractivity contribution in [3.8, 4) is 0 Å². The average molecular weight is 473 g/mol. The zero-order valence-electron chi connectivity index (χ0n) is 19.3. The SMILES string of the molecule is COCC(C1CC1)N(Cc1nc2ccccc2s1)C(=O)c1ccc2nc(N)c3c(c2c1)CCC3. The number of carbonyl (C=O) groups excluding carboxylic acids is 1. The van der Waals surface area contributed by atoms with Gasteiger partial charge in [-0.25, -0.2) is 9.97 Å². The normalized spacial score (nSPS) is 16.1. The second kappa shape index (κ2) is 8.64. The number of benzene rings is 2. The molecule has 2 aliphatic carbocycles. The molecule has 174 valence electrons. The number of nitrogen functional groups attached to an aromatic ring is 1. The fourth-order valence-corrected chi connectivity index (χ4v) is 6.27. The molecule has 2 aromatic heterocycles. The van der Waals surface area contributed by atoms with E-state index in [2.05, 4.69) is 11.1 Å². The molecule has 0 aliphatic heterocycles. The molecule has 0 radical (unpaired) electrons. The molecule has 1 unspecified atom stereocenters. The quantitative estimate of drug-likeness (QED) is 0.410. The summed E-state index contributed by atoms with van der Waals surface area (Å²) in [7, 11) is 1.71. The standard InChI is InChI=1S/C27H28N4O2S/c1-33-15-23(16-9-10-16)31(14-25-29-22-7-2-3-8-24(22)34-25)27(32)17-11-12-21-20(13-17)18-5-4-6-19(18)26(28)30-21/h2-3,7-8,11-13,16,23H,4-6,9-10,14-15H2,1H3,(H2,28,30). The second-order valence-electron chi connectivity index (χ2n) is 9.41. The minimum Gasteiger partial charge on any atom is -0.383 e. The topological polar surface area (TPSA) is 81.3 Å². The van der Waals surface area contributed by atoms with Crippen molar-refractivity contribution in [2.75, 3.05) is 19.5 Å². The molecule has 2 aliphatic rings. The van der Waals surface area contributed by atoms with Crippen molar-refractivity contribution in [1.82, 2.24) is 14.9 Å². The predicted octanol–water partition coefficient (Wildman–Crippen LogP) is 4.98. The summed E-state index contributed by atoms with van der Waals surface area (Å²) in [5, 5.41) is 2.01. The predicted molar refractivity (Wildman–Crippen MR) is 136 cm³/mol. The zero-order chi connectivity index (χ0) is 23.2. The molecule has 6 nitrogen and oxygen atoms in total. The first-order chi connectivity index (χ1) is 16.6. The third-order valence-electron chi connectivity index (χ3n) is 7.15. The Morgan fingerprint density at radius 2 is 1.97 bits per heavy atom. The van der Waals surface area contributed by atoms with Gasteiger partial charge in [-0.3, -0.25) is 4.79 Å². The van der Waals surface area contributed by atoms with Crippen LogP contribution in [0, 0.1) is 5.92 Å². The molecule has 4 aromatic rings. The lowest BCUT2D eigenvalue weighted by atomic mass is 10.0. The van der Waals surface area contributed by atoms with Gasteiger partial charge in [0, 0.05) is 18.1 Å². The number of nitrogens with two attached hydrogens (primary N) is 1. The number of nitrogens with zero attached hydrogens (tertiary/aromatic N) is 3. The van der Waals surface area contributed by atoms with E-state index in [1.807, 2.05) is 41.3 Å². The molecule has 6 rings (SSSR count). The molecule has 1 fully saturated rings. The van der Waals surface area contributed by atoms with Crippen LogP contribution >= 0.6 is 11.3 Å². The smallest absolute Gasteiger partial charge is 0.254 e. The maximum absolute atomic E-state index is 14.0. The Bertz CT molecular complexity index is 1360. The third-order valence-corrected chi connectivity index (χ3v) is 8.17. The molecule has 2 aromatic carbocycles. The van der Waals surface area contributed by atoms with Crippen LogP contribution in [0.15, 0.2) is 42.5 Å². The van der Waals surface area contributed by atoms with E-state index in [4.69, 9.17) is 15.5 Å². The highest BCUT2D eigenvalue weighted by molar-refractivity contribution is 7.18. The first kappa shape index (κ1) is 21.5. The van der Waals surface area contributed by atoms with E-state index < -0.39 is 0 Å². The van der Waals surface area contributed by atoms with Crippen LogP contribution in [-0.2, 0) is 24.1 Å². The summed E-state index contributed by atoms with van der Waals surface area (Å²) in [6.45, 7) is 1.02. The second-order valence-corrected chi connectivity index (χ2v) is 10.5. The summed E-state index contributed by atoms with van der Waals surface area (Å²) in [6.07, 6.45) is 5.29. The lowest BCUT2D eigenvalue weighted by Crippen LogP contribution is -2.43. The van der Waals surface area contributed by atoms with Gasteiger partial charge in [-0.05, 0) is 79.5 Å². The number of rotatable bonds is 7. The summed E-state index contributed by atoms with van der Waals surface area (Å²) in [5.41, 5.74) is 11.2. The molecule has 34 heavy (non-hydrogen) atoms. The third kappa shape index (κ3) is 3.83. The van der Waals surface area contributed by atoms with Gasteiger partial charge < -0.3 is 15.4 Å². The molecule has 1 saturated carbocycles. The number of fused-ring (bicyclic) bond motifs is 4. The average Bonchev–Trinajstić information content (AvgIpc) is 3.40. The first-order valence-electron chi connectivity index (χ1n) is 12.0. The summed E-state index contributed by atoms with van der Waals surface area (Å²) in [4.78, 5) is 25.4. The maximum Gasteiger partial charge on any atom is 0.254 e. The van der Waals surface area contributed by atoms with Crippen LogP contribution in [0.3, 0.4) is 0 Å². The number of pyridine rings is 1. The molecule has 0 spiro atoms. The van der Waals surface area contributed by atoms with Crippen molar-refractivity contribution in [2.24, 2.45) is 5.92 Å². The van der Waals surface area contributed by atoms with Gasteiger partial charge in [-0.15, -0.1) is 11.3 Å². The Morgan fingerprint density at radius 1 is 1.15 bits per heavy atom. The lowest BCUT2D eigenvalue weighted by molar-refractivity contribution is 0.0458. The molecule has 1 amide bonds. The highest BCUT2D eigenvalue weighted by Crippen LogP contribution is 2.38. The Kier molecular flexibility index (Phi) is 5.46. The fraction of sp³-hybridized carbons (Fsp3) is 0.370. The monoisotopic (exact) mass is 472 g/mol. The highest BCUT2D eigenvalue weighted by Gasteiger charge is 2.38. The Hall–Kier alpha value is -3.03. The van der Waals surface area contributed by atoms with Crippen LogP contribution in [0.5, 0.6) is 0 Å². The summed E-state index contributed by atoms with van der Waals surface area (Å²) < 4.78 is 6.72.